The average molecular weight is 379 g/mol. The van der Waals surface area contributed by atoms with E-state index in [-0.39, 0.29) is 24.2 Å². The Morgan fingerprint density at radius 1 is 1.08 bits per heavy atom. The molecule has 2 aromatic carbocycles. The molecule has 26 heavy (non-hydrogen) atoms. The Kier molecular flexibility index (Phi) is 9.55. The van der Waals surface area contributed by atoms with Crippen molar-refractivity contribution in [3.05, 3.63) is 59.7 Å². The lowest BCUT2D eigenvalue weighted by Gasteiger charge is -2.14. The summed E-state index contributed by atoms with van der Waals surface area (Å²) in [6, 6.07) is 15.7. The molecule has 0 fully saturated rings. The van der Waals surface area contributed by atoms with Gasteiger partial charge in [-0.05, 0) is 30.3 Å². The average Bonchev–Trinajstić information content (AvgIpc) is 2.65. The second-order valence-corrected chi connectivity index (χ2v) is 5.94. The van der Waals surface area contributed by atoms with E-state index in [1.54, 1.807) is 7.11 Å². The Balaban J connectivity index is 0.00000338. The van der Waals surface area contributed by atoms with Gasteiger partial charge in [-0.25, -0.2) is 0 Å². The number of nitrogens with one attached hydrogen (secondary N) is 2. The third kappa shape index (κ3) is 6.58. The number of hydrogen-bond acceptors (Lipinski definition) is 4. The Hall–Kier alpha value is -2.24. The van der Waals surface area contributed by atoms with Gasteiger partial charge in [-0.3, -0.25) is 4.79 Å². The number of benzene rings is 2. The smallest absolute Gasteiger partial charge is 0.224 e. The van der Waals surface area contributed by atoms with E-state index in [1.165, 1.54) is 0 Å². The van der Waals surface area contributed by atoms with Crippen LogP contribution in [0.3, 0.4) is 0 Å². The lowest BCUT2D eigenvalue weighted by Crippen LogP contribution is -2.33. The van der Waals surface area contributed by atoms with Crippen LogP contribution in [0.2, 0.25) is 0 Å². The normalized spacial score (nSPS) is 11.2. The van der Waals surface area contributed by atoms with Crippen molar-refractivity contribution in [3.63, 3.8) is 0 Å². The zero-order valence-corrected chi connectivity index (χ0v) is 16.3. The van der Waals surface area contributed by atoms with E-state index < -0.39 is 0 Å². The summed E-state index contributed by atoms with van der Waals surface area (Å²) in [5, 5.41) is 5.94. The number of carbonyl (C=O) groups is 1. The maximum atomic E-state index is 12.0. The second kappa shape index (κ2) is 11.4. The summed E-state index contributed by atoms with van der Waals surface area (Å²) < 4.78 is 11.3. The number of ether oxygens (including phenoxy) is 2. The van der Waals surface area contributed by atoms with Crippen molar-refractivity contribution in [2.45, 2.75) is 20.1 Å². The Morgan fingerprint density at radius 2 is 1.81 bits per heavy atom. The minimum Gasteiger partial charge on any atom is -0.493 e. The Morgan fingerprint density at radius 3 is 2.46 bits per heavy atom. The number of carbonyl (C=O) groups excluding carboxylic acids is 1. The predicted octanol–water partition coefficient (Wildman–Crippen LogP) is 3.17. The van der Waals surface area contributed by atoms with Crippen LogP contribution >= 0.6 is 12.4 Å². The number of methoxy groups -OCH3 is 1. The van der Waals surface area contributed by atoms with E-state index >= 15 is 0 Å². The van der Waals surface area contributed by atoms with E-state index in [0.29, 0.717) is 31.2 Å². The summed E-state index contributed by atoms with van der Waals surface area (Å²) in [5.74, 6) is 1.30. The summed E-state index contributed by atoms with van der Waals surface area (Å²) in [7, 11) is 3.45. The minimum absolute atomic E-state index is 0. The summed E-state index contributed by atoms with van der Waals surface area (Å²) in [4.78, 5) is 12.0. The van der Waals surface area contributed by atoms with Crippen LogP contribution in [0.1, 0.15) is 18.1 Å². The molecule has 0 radical (unpaired) electrons. The highest BCUT2D eigenvalue weighted by molar-refractivity contribution is 5.85. The second-order valence-electron chi connectivity index (χ2n) is 5.94. The molecule has 0 saturated carbocycles. The first kappa shape index (κ1) is 21.8. The van der Waals surface area contributed by atoms with Gasteiger partial charge in [0.05, 0.1) is 7.11 Å². The molecule has 1 amide bonds. The maximum Gasteiger partial charge on any atom is 0.224 e. The van der Waals surface area contributed by atoms with Gasteiger partial charge in [-0.1, -0.05) is 43.3 Å². The molecule has 5 nitrogen and oxygen atoms in total. The van der Waals surface area contributed by atoms with Crippen LogP contribution in [-0.4, -0.2) is 26.6 Å². The van der Waals surface area contributed by atoms with Gasteiger partial charge in [0.25, 0.3) is 0 Å². The summed E-state index contributed by atoms with van der Waals surface area (Å²) >= 11 is 0. The summed E-state index contributed by atoms with van der Waals surface area (Å²) in [5.41, 5.74) is 2.06. The van der Waals surface area contributed by atoms with Crippen molar-refractivity contribution in [3.8, 4) is 11.5 Å². The molecule has 2 aromatic rings. The molecular weight excluding hydrogens is 352 g/mol. The van der Waals surface area contributed by atoms with Crippen LogP contribution in [0.5, 0.6) is 11.5 Å². The highest BCUT2D eigenvalue weighted by atomic mass is 35.5. The topological polar surface area (TPSA) is 59.6 Å². The Labute approximate surface area is 161 Å². The molecule has 142 valence electrons. The highest BCUT2D eigenvalue weighted by Crippen LogP contribution is 2.28. The van der Waals surface area contributed by atoms with Crippen LogP contribution in [0, 0.1) is 5.92 Å². The van der Waals surface area contributed by atoms with Crippen LogP contribution in [0.4, 0.5) is 0 Å². The largest absolute Gasteiger partial charge is 0.493 e. The number of amides is 1. The number of halogens is 1. The number of rotatable bonds is 9. The van der Waals surface area contributed by atoms with Crippen molar-refractivity contribution in [2.24, 2.45) is 5.92 Å². The van der Waals surface area contributed by atoms with E-state index in [2.05, 4.69) is 10.6 Å². The lowest BCUT2D eigenvalue weighted by molar-refractivity contribution is -0.124. The van der Waals surface area contributed by atoms with Crippen LogP contribution < -0.4 is 20.1 Å². The molecule has 2 rings (SSSR count). The molecule has 0 spiro atoms. The van der Waals surface area contributed by atoms with Gasteiger partial charge in [-0.2, -0.15) is 0 Å². The maximum absolute atomic E-state index is 12.0. The fourth-order valence-electron chi connectivity index (χ4n) is 2.44. The SMILES string of the molecule is CNCC(C)C(=O)NCc1ccc(OCc2ccccc2)c(OC)c1.Cl. The molecule has 2 N–H and O–H groups in total. The van der Waals surface area contributed by atoms with Gasteiger partial charge in [0.1, 0.15) is 6.61 Å². The van der Waals surface area contributed by atoms with Crippen molar-refractivity contribution < 1.29 is 14.3 Å². The first-order valence-corrected chi connectivity index (χ1v) is 8.40. The predicted molar refractivity (Wildman–Crippen MR) is 106 cm³/mol. The molecule has 0 saturated heterocycles. The van der Waals surface area contributed by atoms with E-state index in [0.717, 1.165) is 11.1 Å². The van der Waals surface area contributed by atoms with Crippen molar-refractivity contribution in [2.75, 3.05) is 20.7 Å². The third-order valence-electron chi connectivity index (χ3n) is 3.89. The fraction of sp³-hybridized carbons (Fsp3) is 0.350. The van der Waals surface area contributed by atoms with Gasteiger partial charge in [0.15, 0.2) is 11.5 Å². The molecule has 0 aliphatic carbocycles. The van der Waals surface area contributed by atoms with Crippen LogP contribution in [0.15, 0.2) is 48.5 Å². The lowest BCUT2D eigenvalue weighted by atomic mass is 10.1. The van der Waals surface area contributed by atoms with Gasteiger partial charge < -0.3 is 20.1 Å². The molecule has 0 heterocycles. The molecule has 1 unspecified atom stereocenters. The molecule has 0 aliphatic heterocycles. The fourth-order valence-corrected chi connectivity index (χ4v) is 2.44. The zero-order valence-electron chi connectivity index (χ0n) is 15.5. The quantitative estimate of drug-likeness (QED) is 0.703. The molecule has 0 aromatic heterocycles. The van der Waals surface area contributed by atoms with E-state index in [4.69, 9.17) is 9.47 Å². The first-order chi connectivity index (χ1) is 12.1. The third-order valence-corrected chi connectivity index (χ3v) is 3.89. The molecule has 0 aliphatic rings. The minimum atomic E-state index is -0.0691. The van der Waals surface area contributed by atoms with Gasteiger partial charge in [-0.15, -0.1) is 12.4 Å². The van der Waals surface area contributed by atoms with E-state index in [9.17, 15) is 4.79 Å². The monoisotopic (exact) mass is 378 g/mol. The standard InChI is InChI=1S/C20H26N2O3.ClH/c1-15(12-21-2)20(23)22-13-17-9-10-18(19(11-17)24-3)25-14-16-7-5-4-6-8-16;/h4-11,15,21H,12-14H2,1-3H3,(H,22,23);1H. The van der Waals surface area contributed by atoms with Crippen molar-refractivity contribution >= 4 is 18.3 Å². The molecule has 1 atom stereocenters. The molecule has 0 bridgehead atoms. The number of hydrogen-bond donors (Lipinski definition) is 2. The summed E-state index contributed by atoms with van der Waals surface area (Å²) in [6.07, 6.45) is 0. The summed E-state index contributed by atoms with van der Waals surface area (Å²) in [6.45, 7) is 3.49. The molecule has 6 heteroatoms. The van der Waals surface area contributed by atoms with Crippen molar-refractivity contribution in [1.29, 1.82) is 0 Å². The van der Waals surface area contributed by atoms with Gasteiger partial charge in [0, 0.05) is 19.0 Å². The van der Waals surface area contributed by atoms with Gasteiger partial charge in [0.2, 0.25) is 5.91 Å². The first-order valence-electron chi connectivity index (χ1n) is 8.40. The Bertz CT molecular complexity index is 680. The van der Waals surface area contributed by atoms with Gasteiger partial charge >= 0.3 is 0 Å². The van der Waals surface area contributed by atoms with Crippen molar-refractivity contribution in [1.82, 2.24) is 10.6 Å². The van der Waals surface area contributed by atoms with Crippen LogP contribution in [-0.2, 0) is 17.9 Å². The zero-order chi connectivity index (χ0) is 18.1. The molecular formula is C20H27ClN2O3. The van der Waals surface area contributed by atoms with Crippen LogP contribution in [0.25, 0.3) is 0 Å². The van der Waals surface area contributed by atoms with E-state index in [1.807, 2.05) is 62.5 Å². The highest BCUT2D eigenvalue weighted by Gasteiger charge is 2.12.